The molecular formula is C27H32O6. The molecule has 3 aliphatic carbocycles. The van der Waals surface area contributed by atoms with Gasteiger partial charge in [0, 0.05) is 33.8 Å². The first-order valence-electron chi connectivity index (χ1n) is 11.7. The summed E-state index contributed by atoms with van der Waals surface area (Å²) < 4.78 is 17.0. The van der Waals surface area contributed by atoms with Crippen LogP contribution in [-0.2, 0) is 23.9 Å². The fourth-order valence-corrected chi connectivity index (χ4v) is 7.78. The highest BCUT2D eigenvalue weighted by Gasteiger charge is 2.71. The number of hydrogen-bond donors (Lipinski definition) is 0. The first-order chi connectivity index (χ1) is 15.4. The average molecular weight is 453 g/mol. The van der Waals surface area contributed by atoms with E-state index in [0.29, 0.717) is 5.76 Å². The van der Waals surface area contributed by atoms with Gasteiger partial charge >= 0.3 is 5.97 Å². The smallest absolute Gasteiger partial charge is 0.305 e. The molecule has 2 fully saturated rings. The number of ether oxygens (including phenoxy) is 2. The second-order valence-corrected chi connectivity index (χ2v) is 11.4. The lowest BCUT2D eigenvalue weighted by Gasteiger charge is -2.53. The van der Waals surface area contributed by atoms with Crippen molar-refractivity contribution in [3.8, 4) is 0 Å². The molecule has 33 heavy (non-hydrogen) atoms. The molecule has 0 aromatic carbocycles. The Hall–Kier alpha value is -2.63. The van der Waals surface area contributed by atoms with Crippen LogP contribution in [0.5, 0.6) is 0 Å². The highest BCUT2D eigenvalue weighted by Crippen LogP contribution is 2.71. The Labute approximate surface area is 194 Å². The minimum atomic E-state index is -0.739. The van der Waals surface area contributed by atoms with Crippen molar-refractivity contribution in [1.82, 2.24) is 0 Å². The molecule has 0 radical (unpaired) electrons. The number of hydrogen-bond acceptors (Lipinski definition) is 6. The lowest BCUT2D eigenvalue weighted by Crippen LogP contribution is -2.54. The standard InChI is InChI=1S/C27H32O6/c1-24(2)18(12-22(30)31-6)26(4)17-7-9-25(3)19(27(17,5)33-21(26)13-20(24)29)11-16(28)23(25)15-8-10-32-14-15/h8,10-11,13-14,17-18,23H,7,9,12H2,1-6H3/t17-,18+,23-,25-,26-,27-/m1/s1. The predicted octanol–water partition coefficient (Wildman–Crippen LogP) is 4.76. The van der Waals surface area contributed by atoms with Gasteiger partial charge in [-0.25, -0.2) is 0 Å². The van der Waals surface area contributed by atoms with Crippen LogP contribution in [0.2, 0.25) is 0 Å². The zero-order valence-corrected chi connectivity index (χ0v) is 20.2. The van der Waals surface area contributed by atoms with E-state index in [1.54, 1.807) is 24.7 Å². The molecule has 176 valence electrons. The van der Waals surface area contributed by atoms with Crippen LogP contribution < -0.4 is 0 Å². The molecular weight excluding hydrogens is 420 g/mol. The van der Waals surface area contributed by atoms with E-state index in [1.165, 1.54) is 7.11 Å². The highest BCUT2D eigenvalue weighted by molar-refractivity contribution is 6.01. The molecule has 1 aliphatic heterocycles. The SMILES string of the molecule is COC(=O)C[C@H]1C(C)(C)C(=O)C=C2O[C@@]3(C)C4=CC(=O)[C@@H](c5ccoc5)[C@]4(C)CC[C@@H]3[C@@]21C. The molecule has 0 bridgehead atoms. The number of esters is 1. The van der Waals surface area contributed by atoms with Crippen molar-refractivity contribution in [3.63, 3.8) is 0 Å². The first-order valence-corrected chi connectivity index (χ1v) is 11.7. The maximum atomic E-state index is 13.3. The first kappa shape index (κ1) is 22.2. The zero-order valence-electron chi connectivity index (χ0n) is 20.2. The summed E-state index contributed by atoms with van der Waals surface area (Å²) >= 11 is 0. The fourth-order valence-electron chi connectivity index (χ4n) is 7.78. The van der Waals surface area contributed by atoms with Gasteiger partial charge in [0.25, 0.3) is 0 Å². The molecule has 5 rings (SSSR count). The highest BCUT2D eigenvalue weighted by atomic mass is 16.5. The third-order valence-electron chi connectivity index (χ3n) is 9.52. The van der Waals surface area contributed by atoms with E-state index < -0.39 is 21.8 Å². The van der Waals surface area contributed by atoms with Crippen LogP contribution in [0.15, 0.2) is 46.5 Å². The van der Waals surface area contributed by atoms with Crippen LogP contribution in [0.3, 0.4) is 0 Å². The Balaban J connectivity index is 1.63. The number of furan rings is 1. The van der Waals surface area contributed by atoms with E-state index >= 15 is 0 Å². The summed E-state index contributed by atoms with van der Waals surface area (Å²) in [4.78, 5) is 38.9. The number of rotatable bonds is 3. The summed E-state index contributed by atoms with van der Waals surface area (Å²) in [6.07, 6.45) is 8.45. The number of carbonyl (C=O) groups is 3. The summed E-state index contributed by atoms with van der Waals surface area (Å²) in [5.74, 6) is -0.221. The third kappa shape index (κ3) is 2.64. The van der Waals surface area contributed by atoms with Gasteiger partial charge in [-0.3, -0.25) is 14.4 Å². The van der Waals surface area contributed by atoms with Crippen LogP contribution in [0.4, 0.5) is 0 Å². The third-order valence-corrected chi connectivity index (χ3v) is 9.52. The number of fused-ring (bicyclic) bond motifs is 5. The van der Waals surface area contributed by atoms with Gasteiger partial charge in [-0.15, -0.1) is 0 Å². The molecule has 1 aromatic rings. The van der Waals surface area contributed by atoms with E-state index in [2.05, 4.69) is 20.8 Å². The molecule has 4 aliphatic rings. The molecule has 0 N–H and O–H groups in total. The quantitative estimate of drug-likeness (QED) is 0.615. The van der Waals surface area contributed by atoms with E-state index in [4.69, 9.17) is 13.9 Å². The van der Waals surface area contributed by atoms with Crippen LogP contribution in [0.1, 0.15) is 65.4 Å². The van der Waals surface area contributed by atoms with Crippen molar-refractivity contribution in [2.45, 2.75) is 65.4 Å². The lowest BCUT2D eigenvalue weighted by molar-refractivity contribution is -0.147. The Morgan fingerprint density at radius 1 is 1.15 bits per heavy atom. The summed E-state index contributed by atoms with van der Waals surface area (Å²) in [6, 6.07) is 1.87. The van der Waals surface area contributed by atoms with Gasteiger partial charge in [0.15, 0.2) is 11.6 Å². The molecule has 6 nitrogen and oxygen atoms in total. The number of allylic oxidation sites excluding steroid dienone is 3. The van der Waals surface area contributed by atoms with Gasteiger partial charge in [0.1, 0.15) is 11.4 Å². The van der Waals surface area contributed by atoms with Gasteiger partial charge in [0.2, 0.25) is 0 Å². The van der Waals surface area contributed by atoms with Gasteiger partial charge in [-0.1, -0.05) is 27.7 Å². The second kappa shape index (κ2) is 6.71. The summed E-state index contributed by atoms with van der Waals surface area (Å²) in [7, 11) is 1.38. The normalized spacial score (nSPS) is 40.8. The Kier molecular flexibility index (Phi) is 4.51. The van der Waals surface area contributed by atoms with E-state index in [1.807, 2.05) is 19.9 Å². The second-order valence-electron chi connectivity index (χ2n) is 11.4. The Bertz CT molecular complexity index is 1110. The Morgan fingerprint density at radius 2 is 1.88 bits per heavy atom. The average Bonchev–Trinajstić information content (AvgIpc) is 3.40. The van der Waals surface area contributed by atoms with Crippen molar-refractivity contribution in [1.29, 1.82) is 0 Å². The van der Waals surface area contributed by atoms with E-state index in [0.717, 1.165) is 24.0 Å². The summed E-state index contributed by atoms with van der Waals surface area (Å²) in [6.45, 7) is 10.2. The lowest BCUT2D eigenvalue weighted by atomic mass is 9.47. The van der Waals surface area contributed by atoms with E-state index in [9.17, 15) is 14.4 Å². The van der Waals surface area contributed by atoms with Crippen molar-refractivity contribution in [2.75, 3.05) is 7.11 Å². The van der Waals surface area contributed by atoms with Crippen molar-refractivity contribution in [2.24, 2.45) is 28.1 Å². The minimum Gasteiger partial charge on any atom is -0.486 e. The predicted molar refractivity (Wildman–Crippen MR) is 120 cm³/mol. The molecule has 1 saturated carbocycles. The molecule has 6 atom stereocenters. The zero-order chi connectivity index (χ0) is 24.0. The van der Waals surface area contributed by atoms with Gasteiger partial charge in [0.05, 0.1) is 32.0 Å². The van der Waals surface area contributed by atoms with Gasteiger partial charge in [-0.05, 0) is 43.4 Å². The molecule has 6 heteroatoms. The molecule has 0 unspecified atom stereocenters. The summed E-state index contributed by atoms with van der Waals surface area (Å²) in [5.41, 5.74) is -0.525. The molecule has 0 amide bonds. The van der Waals surface area contributed by atoms with Gasteiger partial charge in [-0.2, -0.15) is 0 Å². The number of ketones is 2. The largest absolute Gasteiger partial charge is 0.486 e. The van der Waals surface area contributed by atoms with Crippen molar-refractivity contribution >= 4 is 17.5 Å². The van der Waals surface area contributed by atoms with Crippen LogP contribution in [0, 0.1) is 28.1 Å². The van der Waals surface area contributed by atoms with Crippen LogP contribution >= 0.6 is 0 Å². The maximum Gasteiger partial charge on any atom is 0.305 e. The maximum absolute atomic E-state index is 13.3. The Morgan fingerprint density at radius 3 is 2.52 bits per heavy atom. The molecule has 1 aromatic heterocycles. The van der Waals surface area contributed by atoms with Crippen LogP contribution in [-0.4, -0.2) is 30.2 Å². The fraction of sp³-hybridized carbons (Fsp3) is 0.593. The monoisotopic (exact) mass is 452 g/mol. The van der Waals surface area contributed by atoms with Crippen molar-refractivity contribution < 1.29 is 28.3 Å². The molecule has 2 heterocycles. The molecule has 0 spiro atoms. The number of methoxy groups -OCH3 is 1. The van der Waals surface area contributed by atoms with E-state index in [-0.39, 0.29) is 41.7 Å². The van der Waals surface area contributed by atoms with Crippen LogP contribution in [0.25, 0.3) is 0 Å². The number of carbonyl (C=O) groups excluding carboxylic acids is 3. The molecule has 1 saturated heterocycles. The van der Waals surface area contributed by atoms with Crippen molar-refractivity contribution in [3.05, 3.63) is 47.6 Å². The van der Waals surface area contributed by atoms with Gasteiger partial charge < -0.3 is 13.9 Å². The topological polar surface area (TPSA) is 82.8 Å². The summed E-state index contributed by atoms with van der Waals surface area (Å²) in [5, 5.41) is 0. The minimum absolute atomic E-state index is 0.0218.